The number of aliphatic hydroxyl groups is 2. The highest BCUT2D eigenvalue weighted by Gasteiger charge is 2.27. The Balaban J connectivity index is 4.29. The van der Waals surface area contributed by atoms with E-state index in [2.05, 4.69) is 42.7 Å². The van der Waals surface area contributed by atoms with Crippen LogP contribution >= 0.6 is 7.82 Å². The molecule has 0 bridgehead atoms. The van der Waals surface area contributed by atoms with Crippen molar-refractivity contribution in [2.45, 2.75) is 212 Å². The molecule has 0 amide bonds. The number of hydrogen-bond donors (Lipinski definition) is 3. The summed E-state index contributed by atoms with van der Waals surface area (Å²) in [6.07, 6.45) is 38.5. The fraction of sp³-hybridized carbons (Fsp3) is 0.860. The number of carbonyl (C=O) groups excluding carboxylic acids is 2. The van der Waals surface area contributed by atoms with Gasteiger partial charge in [0, 0.05) is 12.8 Å². The number of carbonyl (C=O) groups is 2. The summed E-state index contributed by atoms with van der Waals surface area (Å²) < 4.78 is 32.7. The van der Waals surface area contributed by atoms with Gasteiger partial charge in [0.2, 0.25) is 0 Å². The number of aliphatic hydroxyl groups excluding tert-OH is 2. The van der Waals surface area contributed by atoms with Gasteiger partial charge in [0.05, 0.1) is 19.8 Å². The molecule has 3 unspecified atom stereocenters. The van der Waals surface area contributed by atoms with Crippen LogP contribution in [0.25, 0.3) is 0 Å². The second-order valence-corrected chi connectivity index (χ2v) is 16.2. The Morgan fingerprint density at radius 1 is 0.556 bits per heavy atom. The smallest absolute Gasteiger partial charge is 0.462 e. The van der Waals surface area contributed by atoms with Gasteiger partial charge in [-0.15, -0.1) is 0 Å². The van der Waals surface area contributed by atoms with Crippen molar-refractivity contribution < 1.29 is 47.8 Å². The lowest BCUT2D eigenvalue weighted by Crippen LogP contribution is -2.29. The first-order valence-electron chi connectivity index (χ1n) is 21.8. The zero-order valence-corrected chi connectivity index (χ0v) is 35.3. The fourth-order valence-electron chi connectivity index (χ4n) is 5.96. The predicted molar refractivity (Wildman–Crippen MR) is 219 cm³/mol. The molecule has 3 N–H and O–H groups in total. The maximum Gasteiger partial charge on any atom is 0.472 e. The number of rotatable bonds is 41. The summed E-state index contributed by atoms with van der Waals surface area (Å²) in [5, 5.41) is 18.3. The van der Waals surface area contributed by atoms with Crippen molar-refractivity contribution in [3.63, 3.8) is 0 Å². The van der Waals surface area contributed by atoms with E-state index in [1.54, 1.807) is 0 Å². The Kier molecular flexibility index (Phi) is 38.5. The molecule has 0 fully saturated rings. The lowest BCUT2D eigenvalue weighted by molar-refractivity contribution is -0.161. The van der Waals surface area contributed by atoms with E-state index in [0.717, 1.165) is 51.4 Å². The van der Waals surface area contributed by atoms with Crippen LogP contribution in [0.5, 0.6) is 0 Å². The molecule has 0 radical (unpaired) electrons. The summed E-state index contributed by atoms with van der Waals surface area (Å²) in [6, 6.07) is 0. The first-order chi connectivity index (χ1) is 26.2. The quantitative estimate of drug-likeness (QED) is 0.0236. The number of unbranched alkanes of at least 4 members (excludes halogenated alkanes) is 23. The van der Waals surface area contributed by atoms with E-state index in [9.17, 15) is 24.2 Å². The van der Waals surface area contributed by atoms with Gasteiger partial charge in [-0.3, -0.25) is 18.6 Å². The van der Waals surface area contributed by atoms with Gasteiger partial charge in [-0.05, 0) is 44.9 Å². The van der Waals surface area contributed by atoms with E-state index in [4.69, 9.17) is 19.1 Å². The van der Waals surface area contributed by atoms with Gasteiger partial charge in [-0.2, -0.15) is 0 Å². The molecule has 0 rings (SSSR count). The van der Waals surface area contributed by atoms with Crippen molar-refractivity contribution in [2.24, 2.45) is 0 Å². The number of ether oxygens (including phenoxy) is 2. The van der Waals surface area contributed by atoms with Crippen LogP contribution in [0.2, 0.25) is 0 Å². The van der Waals surface area contributed by atoms with E-state index in [1.807, 2.05) is 0 Å². The molecule has 0 spiro atoms. The highest BCUT2D eigenvalue weighted by molar-refractivity contribution is 7.47. The van der Waals surface area contributed by atoms with Crippen molar-refractivity contribution in [1.82, 2.24) is 0 Å². The molecule has 0 aliphatic rings. The van der Waals surface area contributed by atoms with Crippen LogP contribution in [0, 0.1) is 0 Å². The van der Waals surface area contributed by atoms with Crippen LogP contribution in [0.1, 0.15) is 200 Å². The molecule has 10 nitrogen and oxygen atoms in total. The van der Waals surface area contributed by atoms with Gasteiger partial charge in [0.15, 0.2) is 6.10 Å². The lowest BCUT2D eigenvalue weighted by atomic mass is 10.0. The standard InChI is InChI=1S/C43H81O10P/c1-3-5-7-9-11-13-15-17-19-20-21-23-25-27-29-31-33-35-43(47)53-41(39-52-54(48,49)51-37-40(45)36-44)38-50-42(46)34-32-30-28-26-24-22-18-16-14-12-10-8-6-4-2/h11,13,17,19,40-41,44-45H,3-10,12,14-16,18,20-39H2,1-2H3,(H,48,49)/b13-11-,19-17-. The summed E-state index contributed by atoms with van der Waals surface area (Å²) in [5.41, 5.74) is 0. The van der Waals surface area contributed by atoms with E-state index >= 15 is 0 Å². The van der Waals surface area contributed by atoms with E-state index < -0.39 is 51.8 Å². The van der Waals surface area contributed by atoms with Gasteiger partial charge in [-0.1, -0.05) is 167 Å². The van der Waals surface area contributed by atoms with Crippen LogP contribution < -0.4 is 0 Å². The second kappa shape index (κ2) is 39.7. The van der Waals surface area contributed by atoms with E-state index in [1.165, 1.54) is 109 Å². The number of phosphoric ester groups is 1. The molecule has 0 aliphatic heterocycles. The summed E-state index contributed by atoms with van der Waals surface area (Å²) in [5.74, 6) is -0.926. The highest BCUT2D eigenvalue weighted by Crippen LogP contribution is 2.43. The van der Waals surface area contributed by atoms with Crippen LogP contribution in [0.3, 0.4) is 0 Å². The monoisotopic (exact) mass is 789 g/mol. The zero-order chi connectivity index (χ0) is 39.8. The molecule has 0 aromatic carbocycles. The average Bonchev–Trinajstić information content (AvgIpc) is 3.16. The van der Waals surface area contributed by atoms with Crippen molar-refractivity contribution >= 4 is 19.8 Å². The van der Waals surface area contributed by atoms with Crippen molar-refractivity contribution in [3.8, 4) is 0 Å². The SMILES string of the molecule is CCCCC/C=C\C/C=C\CCCCCCCCCC(=O)OC(COC(=O)CCCCCCCCCCCCCCCC)COP(=O)(O)OCC(O)CO. The molecule has 0 heterocycles. The minimum atomic E-state index is -4.61. The molecule has 0 saturated carbocycles. The molecular formula is C43H81O10P. The van der Waals surface area contributed by atoms with Crippen LogP contribution in [0.15, 0.2) is 24.3 Å². The third-order valence-electron chi connectivity index (χ3n) is 9.36. The maximum atomic E-state index is 12.6. The van der Waals surface area contributed by atoms with Crippen LogP contribution in [-0.4, -0.2) is 65.7 Å². The maximum absolute atomic E-state index is 12.6. The Hall–Kier alpha value is -1.55. The van der Waals surface area contributed by atoms with Gasteiger partial charge in [-0.25, -0.2) is 4.57 Å². The van der Waals surface area contributed by atoms with Crippen molar-refractivity contribution in [2.75, 3.05) is 26.4 Å². The molecule has 0 saturated heterocycles. The molecule has 11 heteroatoms. The van der Waals surface area contributed by atoms with E-state index in [0.29, 0.717) is 12.8 Å². The largest absolute Gasteiger partial charge is 0.472 e. The molecule has 54 heavy (non-hydrogen) atoms. The predicted octanol–water partition coefficient (Wildman–Crippen LogP) is 11.4. The number of allylic oxidation sites excluding steroid dienone is 4. The van der Waals surface area contributed by atoms with Gasteiger partial charge < -0.3 is 24.6 Å². The minimum Gasteiger partial charge on any atom is -0.462 e. The zero-order valence-electron chi connectivity index (χ0n) is 34.4. The molecule has 0 aromatic rings. The topological polar surface area (TPSA) is 149 Å². The van der Waals surface area contributed by atoms with Crippen molar-refractivity contribution in [3.05, 3.63) is 24.3 Å². The number of phosphoric acid groups is 1. The van der Waals surface area contributed by atoms with Crippen molar-refractivity contribution in [1.29, 1.82) is 0 Å². The average molecular weight is 789 g/mol. The Bertz CT molecular complexity index is 957. The second-order valence-electron chi connectivity index (χ2n) is 14.7. The number of esters is 2. The normalized spacial score (nSPS) is 14.1. The van der Waals surface area contributed by atoms with Gasteiger partial charge >= 0.3 is 19.8 Å². The first kappa shape index (κ1) is 52.5. The Morgan fingerprint density at radius 3 is 1.46 bits per heavy atom. The minimum absolute atomic E-state index is 0.178. The Labute approximate surface area is 329 Å². The fourth-order valence-corrected chi connectivity index (χ4v) is 6.75. The summed E-state index contributed by atoms with van der Waals surface area (Å²) in [4.78, 5) is 35.0. The first-order valence-corrected chi connectivity index (χ1v) is 23.3. The van der Waals surface area contributed by atoms with E-state index in [-0.39, 0.29) is 19.4 Å². The molecule has 3 atom stereocenters. The third kappa shape index (κ3) is 38.7. The Morgan fingerprint density at radius 2 is 0.963 bits per heavy atom. The number of hydrogen-bond acceptors (Lipinski definition) is 9. The summed E-state index contributed by atoms with van der Waals surface area (Å²) in [6.45, 7) is 2.36. The summed E-state index contributed by atoms with van der Waals surface area (Å²) in [7, 11) is -4.61. The molecule has 0 aromatic heterocycles. The molecular weight excluding hydrogens is 707 g/mol. The third-order valence-corrected chi connectivity index (χ3v) is 10.3. The van der Waals surface area contributed by atoms with Gasteiger partial charge in [0.25, 0.3) is 0 Å². The van der Waals surface area contributed by atoms with Crippen LogP contribution in [-0.2, 0) is 32.7 Å². The molecule has 318 valence electrons. The van der Waals surface area contributed by atoms with Gasteiger partial charge in [0.1, 0.15) is 12.7 Å². The van der Waals surface area contributed by atoms with Crippen LogP contribution in [0.4, 0.5) is 0 Å². The highest BCUT2D eigenvalue weighted by atomic mass is 31.2. The summed E-state index contributed by atoms with van der Waals surface area (Å²) >= 11 is 0. The molecule has 0 aliphatic carbocycles. The lowest BCUT2D eigenvalue weighted by Gasteiger charge is -2.20.